The summed E-state index contributed by atoms with van der Waals surface area (Å²) in [6.45, 7) is 4.28. The number of anilines is 1. The molecular formula is C10H12ClN3O2S. The molecule has 7 heteroatoms. The van der Waals surface area contributed by atoms with Crippen LogP contribution in [0.15, 0.2) is 24.8 Å². The van der Waals surface area contributed by atoms with E-state index in [1.54, 1.807) is 11.8 Å². The van der Waals surface area contributed by atoms with Gasteiger partial charge in [0.1, 0.15) is 11.0 Å². The number of nitro groups is 1. The molecule has 0 spiro atoms. The molecule has 1 aromatic heterocycles. The van der Waals surface area contributed by atoms with Crippen LogP contribution in [0.4, 0.5) is 11.5 Å². The lowest BCUT2D eigenvalue weighted by Gasteiger charge is -2.05. The Kier molecular flexibility index (Phi) is 5.79. The molecule has 0 saturated heterocycles. The molecule has 0 aliphatic carbocycles. The first kappa shape index (κ1) is 13.8. The number of halogens is 1. The summed E-state index contributed by atoms with van der Waals surface area (Å²) in [7, 11) is 0. The van der Waals surface area contributed by atoms with Crippen LogP contribution in [0.3, 0.4) is 0 Å². The molecule has 17 heavy (non-hydrogen) atoms. The van der Waals surface area contributed by atoms with E-state index >= 15 is 0 Å². The third-order valence-electron chi connectivity index (χ3n) is 1.78. The minimum Gasteiger partial charge on any atom is -0.369 e. The predicted octanol–water partition coefficient (Wildman–Crippen LogP) is 2.97. The van der Waals surface area contributed by atoms with Crippen LogP contribution in [0.2, 0.25) is 5.15 Å². The van der Waals surface area contributed by atoms with Gasteiger partial charge in [-0.05, 0) is 0 Å². The molecular weight excluding hydrogens is 262 g/mol. The molecule has 0 amide bonds. The Labute approximate surface area is 108 Å². The molecule has 0 atom stereocenters. The van der Waals surface area contributed by atoms with Crippen molar-refractivity contribution in [2.45, 2.75) is 0 Å². The number of rotatable bonds is 7. The van der Waals surface area contributed by atoms with Gasteiger partial charge in [0.2, 0.25) is 0 Å². The maximum atomic E-state index is 10.6. The van der Waals surface area contributed by atoms with Crippen molar-refractivity contribution in [3.63, 3.8) is 0 Å². The summed E-state index contributed by atoms with van der Waals surface area (Å²) >= 11 is 7.39. The fraction of sp³-hybridized carbons (Fsp3) is 0.300. The molecule has 1 aromatic rings. The number of hydrogen-bond donors (Lipinski definition) is 1. The van der Waals surface area contributed by atoms with Gasteiger partial charge in [-0.1, -0.05) is 17.7 Å². The summed E-state index contributed by atoms with van der Waals surface area (Å²) < 4.78 is 0. The number of hydrogen-bond acceptors (Lipinski definition) is 5. The Bertz CT molecular complexity index is 415. The predicted molar refractivity (Wildman–Crippen MR) is 71.9 cm³/mol. The highest BCUT2D eigenvalue weighted by Crippen LogP contribution is 2.20. The molecule has 92 valence electrons. The molecule has 0 radical (unpaired) electrons. The summed E-state index contributed by atoms with van der Waals surface area (Å²) in [5.74, 6) is 2.17. The van der Waals surface area contributed by atoms with Crippen molar-refractivity contribution in [2.75, 3.05) is 23.4 Å². The van der Waals surface area contributed by atoms with Gasteiger partial charge in [-0.3, -0.25) is 10.1 Å². The van der Waals surface area contributed by atoms with Crippen molar-refractivity contribution in [1.29, 1.82) is 0 Å². The Morgan fingerprint density at radius 1 is 1.65 bits per heavy atom. The first-order chi connectivity index (χ1) is 8.13. The van der Waals surface area contributed by atoms with Gasteiger partial charge >= 0.3 is 0 Å². The van der Waals surface area contributed by atoms with E-state index in [9.17, 15) is 10.1 Å². The Morgan fingerprint density at radius 2 is 2.41 bits per heavy atom. The minimum atomic E-state index is -0.495. The molecule has 0 saturated carbocycles. The van der Waals surface area contributed by atoms with Gasteiger partial charge in [0.15, 0.2) is 0 Å². The van der Waals surface area contributed by atoms with Crippen molar-refractivity contribution in [3.8, 4) is 0 Å². The van der Waals surface area contributed by atoms with Crippen molar-refractivity contribution in [3.05, 3.63) is 40.1 Å². The zero-order valence-electron chi connectivity index (χ0n) is 9.06. The largest absolute Gasteiger partial charge is 0.369 e. The van der Waals surface area contributed by atoms with Crippen molar-refractivity contribution < 1.29 is 4.92 Å². The van der Waals surface area contributed by atoms with Crippen LogP contribution >= 0.6 is 23.4 Å². The second kappa shape index (κ2) is 7.13. The van der Waals surface area contributed by atoms with Crippen LogP contribution in [-0.4, -0.2) is 28.0 Å². The average Bonchev–Trinajstić information content (AvgIpc) is 2.28. The van der Waals surface area contributed by atoms with Gasteiger partial charge in [0.05, 0.1) is 17.1 Å². The van der Waals surface area contributed by atoms with Crippen LogP contribution in [0.1, 0.15) is 0 Å². The Balaban J connectivity index is 2.53. The number of aromatic nitrogens is 1. The van der Waals surface area contributed by atoms with E-state index in [0.29, 0.717) is 12.4 Å². The summed E-state index contributed by atoms with van der Waals surface area (Å²) in [6, 6.07) is 2.59. The molecule has 0 aromatic carbocycles. The van der Waals surface area contributed by atoms with Crippen molar-refractivity contribution in [1.82, 2.24) is 4.98 Å². The zero-order chi connectivity index (χ0) is 12.7. The highest BCUT2D eigenvalue weighted by Gasteiger charge is 2.09. The molecule has 0 bridgehead atoms. The van der Waals surface area contributed by atoms with Crippen LogP contribution in [-0.2, 0) is 0 Å². The fourth-order valence-corrected chi connectivity index (χ4v) is 1.88. The van der Waals surface area contributed by atoms with Crippen molar-refractivity contribution >= 4 is 34.9 Å². The first-order valence-electron chi connectivity index (χ1n) is 4.88. The third-order valence-corrected chi connectivity index (χ3v) is 2.94. The minimum absolute atomic E-state index is 0.0637. The quantitative estimate of drug-likeness (QED) is 0.272. The summed E-state index contributed by atoms with van der Waals surface area (Å²) in [4.78, 5) is 14.1. The van der Waals surface area contributed by atoms with E-state index in [0.717, 1.165) is 11.5 Å². The fourth-order valence-electron chi connectivity index (χ4n) is 1.10. The van der Waals surface area contributed by atoms with Gasteiger partial charge in [-0.15, -0.1) is 6.58 Å². The number of nitrogens with one attached hydrogen (secondary N) is 1. The number of pyridine rings is 1. The molecule has 1 rings (SSSR count). The van der Waals surface area contributed by atoms with Crippen LogP contribution in [0.25, 0.3) is 0 Å². The standard InChI is InChI=1S/C10H12ClN3O2S/c1-2-4-17-5-3-12-10-7-8(14(15)16)6-9(11)13-10/h2,6-7H,1,3-5H2,(H,12,13). The lowest BCUT2D eigenvalue weighted by molar-refractivity contribution is -0.384. The van der Waals surface area contributed by atoms with Gasteiger partial charge in [0.25, 0.3) is 5.69 Å². The maximum absolute atomic E-state index is 10.6. The molecule has 0 aliphatic heterocycles. The lowest BCUT2D eigenvalue weighted by Crippen LogP contribution is -2.06. The summed E-state index contributed by atoms with van der Waals surface area (Å²) in [5.41, 5.74) is -0.0637. The Morgan fingerprint density at radius 3 is 3.06 bits per heavy atom. The lowest BCUT2D eigenvalue weighted by atomic mass is 10.4. The van der Waals surface area contributed by atoms with Gasteiger partial charge in [-0.2, -0.15) is 11.8 Å². The van der Waals surface area contributed by atoms with Crippen LogP contribution in [0, 0.1) is 10.1 Å². The van der Waals surface area contributed by atoms with E-state index in [-0.39, 0.29) is 10.8 Å². The van der Waals surface area contributed by atoms with E-state index in [1.165, 1.54) is 12.1 Å². The van der Waals surface area contributed by atoms with Gasteiger partial charge < -0.3 is 5.32 Å². The topological polar surface area (TPSA) is 68.1 Å². The smallest absolute Gasteiger partial charge is 0.276 e. The summed E-state index contributed by atoms with van der Waals surface area (Å²) in [6.07, 6.45) is 1.83. The molecule has 0 aliphatic rings. The van der Waals surface area contributed by atoms with Crippen LogP contribution in [0.5, 0.6) is 0 Å². The average molecular weight is 274 g/mol. The van der Waals surface area contributed by atoms with Gasteiger partial charge in [-0.25, -0.2) is 4.98 Å². The first-order valence-corrected chi connectivity index (χ1v) is 6.41. The SMILES string of the molecule is C=CCSCCNc1cc([N+](=O)[O-])cc(Cl)n1. The molecule has 5 nitrogen and oxygen atoms in total. The van der Waals surface area contributed by atoms with Gasteiger partial charge in [0, 0.05) is 18.1 Å². The number of thioether (sulfide) groups is 1. The molecule has 0 fully saturated rings. The highest BCUT2D eigenvalue weighted by molar-refractivity contribution is 7.99. The van der Waals surface area contributed by atoms with Crippen LogP contribution < -0.4 is 5.32 Å². The second-order valence-corrected chi connectivity index (χ2v) is 4.62. The normalized spacial score (nSPS) is 9.94. The highest BCUT2D eigenvalue weighted by atomic mass is 35.5. The van der Waals surface area contributed by atoms with E-state index in [4.69, 9.17) is 11.6 Å². The van der Waals surface area contributed by atoms with E-state index < -0.39 is 4.92 Å². The van der Waals surface area contributed by atoms with E-state index in [1.807, 2.05) is 6.08 Å². The Hall–Kier alpha value is -1.27. The third kappa shape index (κ3) is 5.06. The molecule has 1 N–H and O–H groups in total. The second-order valence-electron chi connectivity index (χ2n) is 3.08. The van der Waals surface area contributed by atoms with Crippen molar-refractivity contribution in [2.24, 2.45) is 0 Å². The molecule has 1 heterocycles. The zero-order valence-corrected chi connectivity index (χ0v) is 10.6. The monoisotopic (exact) mass is 273 g/mol. The number of nitrogens with zero attached hydrogens (tertiary/aromatic N) is 2. The van der Waals surface area contributed by atoms with E-state index in [2.05, 4.69) is 16.9 Å². The summed E-state index contributed by atoms with van der Waals surface area (Å²) in [5, 5.41) is 13.7. The maximum Gasteiger partial charge on any atom is 0.276 e. The molecule has 0 unspecified atom stereocenters.